The Hall–Kier alpha value is -1.67. The Morgan fingerprint density at radius 1 is 1.47 bits per heavy atom. The smallest absolute Gasteiger partial charge is 0.371 e. The maximum absolute atomic E-state index is 11.8. The molecule has 0 aromatic carbocycles. The lowest BCUT2D eigenvalue weighted by Gasteiger charge is -1.97. The molecule has 0 atom stereocenters. The number of hydrogen-bond donors (Lipinski definition) is 1. The summed E-state index contributed by atoms with van der Waals surface area (Å²) in [6, 6.07) is 2.24. The molecule has 6 nitrogen and oxygen atoms in total. The van der Waals surface area contributed by atoms with Crippen molar-refractivity contribution in [2.24, 2.45) is 0 Å². The minimum absolute atomic E-state index is 0.294. The Morgan fingerprint density at radius 3 is 2.76 bits per heavy atom. The van der Waals surface area contributed by atoms with E-state index < -0.39 is 21.6 Å². The Morgan fingerprint density at radius 2 is 2.24 bits per heavy atom. The van der Waals surface area contributed by atoms with E-state index >= 15 is 0 Å². The van der Waals surface area contributed by atoms with Crippen molar-refractivity contribution in [3.63, 3.8) is 0 Å². The number of aromatic carboxylic acids is 1. The fourth-order valence-corrected chi connectivity index (χ4v) is 3.33. The molecule has 0 radical (unpaired) electrons. The Kier molecular flexibility index (Phi) is 2.99. The maximum atomic E-state index is 11.8. The highest BCUT2D eigenvalue weighted by Gasteiger charge is 2.22. The summed E-state index contributed by atoms with van der Waals surface area (Å²) in [5.74, 6) is -2.00. The van der Waals surface area contributed by atoms with Gasteiger partial charge in [0.05, 0.1) is 0 Å². The summed E-state index contributed by atoms with van der Waals surface area (Å²) in [5.41, 5.74) is 0. The Bertz CT molecular complexity index is 626. The van der Waals surface area contributed by atoms with Gasteiger partial charge in [-0.1, -0.05) is 0 Å². The highest BCUT2D eigenvalue weighted by molar-refractivity contribution is 7.90. The summed E-state index contributed by atoms with van der Waals surface area (Å²) < 4.78 is 28.4. The predicted molar refractivity (Wildman–Crippen MR) is 58.7 cm³/mol. The molecule has 2 heterocycles. The molecule has 17 heavy (non-hydrogen) atoms. The molecule has 0 unspecified atom stereocenters. The average Bonchev–Trinajstić information content (AvgIpc) is 2.84. The van der Waals surface area contributed by atoms with Crippen LogP contribution in [-0.2, 0) is 15.6 Å². The van der Waals surface area contributed by atoms with Gasteiger partial charge in [-0.2, -0.15) is 0 Å². The second-order valence-electron chi connectivity index (χ2n) is 3.11. The van der Waals surface area contributed by atoms with Crippen molar-refractivity contribution in [2.75, 3.05) is 0 Å². The van der Waals surface area contributed by atoms with E-state index in [9.17, 15) is 13.2 Å². The van der Waals surface area contributed by atoms with Crippen molar-refractivity contribution in [2.45, 2.75) is 10.8 Å². The van der Waals surface area contributed by atoms with E-state index in [1.165, 1.54) is 17.5 Å². The van der Waals surface area contributed by atoms with Crippen LogP contribution in [0.2, 0.25) is 0 Å². The lowest BCUT2D eigenvalue weighted by atomic mass is 10.5. The molecule has 90 valence electrons. The molecular weight excluding hydrogens is 266 g/mol. The summed E-state index contributed by atoms with van der Waals surface area (Å²) in [6.45, 7) is 0. The number of carboxylic acid groups (broad SMARTS) is 1. The van der Waals surface area contributed by atoms with Crippen LogP contribution in [0, 0.1) is 0 Å². The van der Waals surface area contributed by atoms with Crippen molar-refractivity contribution in [3.05, 3.63) is 34.5 Å². The molecule has 0 amide bonds. The summed E-state index contributed by atoms with van der Waals surface area (Å²) in [5, 5.41) is 10.4. The first-order valence-corrected chi connectivity index (χ1v) is 6.96. The average molecular weight is 273 g/mol. The van der Waals surface area contributed by atoms with Crippen molar-refractivity contribution >= 4 is 27.1 Å². The van der Waals surface area contributed by atoms with Crippen LogP contribution in [0.25, 0.3) is 0 Å². The van der Waals surface area contributed by atoms with E-state index in [1.807, 2.05) is 0 Å². The van der Waals surface area contributed by atoms with Crippen molar-refractivity contribution in [1.82, 2.24) is 4.98 Å². The van der Waals surface area contributed by atoms with Gasteiger partial charge in [-0.05, 0) is 12.1 Å². The van der Waals surface area contributed by atoms with Crippen molar-refractivity contribution in [3.8, 4) is 0 Å². The van der Waals surface area contributed by atoms with Gasteiger partial charge in [-0.25, -0.2) is 18.2 Å². The number of sulfone groups is 1. The standard InChI is InChI=1S/C9H7NO5S2/c11-9(12)6-1-2-8(15-6)17(13,14)5-7-10-3-4-16-7/h1-4H,5H2,(H,11,12). The van der Waals surface area contributed by atoms with Gasteiger partial charge in [0, 0.05) is 11.6 Å². The fraction of sp³-hybridized carbons (Fsp3) is 0.111. The number of nitrogens with zero attached hydrogens (tertiary/aromatic N) is 1. The first-order chi connectivity index (χ1) is 7.99. The summed E-state index contributed by atoms with van der Waals surface area (Å²) in [4.78, 5) is 14.4. The highest BCUT2D eigenvalue weighted by Crippen LogP contribution is 2.20. The van der Waals surface area contributed by atoms with Crippen molar-refractivity contribution in [1.29, 1.82) is 0 Å². The predicted octanol–water partition coefficient (Wildman–Crippen LogP) is 1.41. The third-order valence-electron chi connectivity index (χ3n) is 1.90. The fourth-order valence-electron chi connectivity index (χ4n) is 1.16. The van der Waals surface area contributed by atoms with Crippen LogP contribution in [0.15, 0.2) is 33.2 Å². The SMILES string of the molecule is O=C(O)c1ccc(S(=O)(=O)Cc2nccs2)o1. The molecule has 0 aliphatic rings. The number of aromatic nitrogens is 1. The molecule has 2 aromatic rings. The van der Waals surface area contributed by atoms with E-state index in [-0.39, 0.29) is 10.8 Å². The molecule has 0 spiro atoms. The number of carboxylic acids is 1. The van der Waals surface area contributed by atoms with E-state index in [0.29, 0.717) is 5.01 Å². The van der Waals surface area contributed by atoms with Gasteiger partial charge in [-0.15, -0.1) is 11.3 Å². The zero-order chi connectivity index (χ0) is 12.5. The van der Waals surface area contributed by atoms with Crippen molar-refractivity contribution < 1.29 is 22.7 Å². The summed E-state index contributed by atoms with van der Waals surface area (Å²) in [7, 11) is -3.68. The molecule has 0 aliphatic heterocycles. The largest absolute Gasteiger partial charge is 0.475 e. The van der Waals surface area contributed by atoms with Gasteiger partial charge in [0.25, 0.3) is 0 Å². The van der Waals surface area contributed by atoms with Gasteiger partial charge in [0.15, 0.2) is 0 Å². The molecule has 2 aromatic heterocycles. The van der Waals surface area contributed by atoms with Crippen LogP contribution >= 0.6 is 11.3 Å². The van der Waals surface area contributed by atoms with Gasteiger partial charge < -0.3 is 9.52 Å². The monoisotopic (exact) mass is 273 g/mol. The molecule has 0 aliphatic carbocycles. The molecule has 0 bridgehead atoms. The zero-order valence-corrected chi connectivity index (χ0v) is 9.99. The minimum Gasteiger partial charge on any atom is -0.475 e. The summed E-state index contributed by atoms with van der Waals surface area (Å²) in [6.07, 6.45) is 1.50. The van der Waals surface area contributed by atoms with Crippen LogP contribution in [0.4, 0.5) is 0 Å². The highest BCUT2D eigenvalue weighted by atomic mass is 32.2. The number of furan rings is 1. The third kappa shape index (κ3) is 2.53. The van der Waals surface area contributed by atoms with Crippen LogP contribution in [0.3, 0.4) is 0 Å². The third-order valence-corrected chi connectivity index (χ3v) is 4.34. The number of thiazole rings is 1. The second kappa shape index (κ2) is 4.30. The first kappa shape index (κ1) is 11.8. The maximum Gasteiger partial charge on any atom is 0.371 e. The quantitative estimate of drug-likeness (QED) is 0.904. The van der Waals surface area contributed by atoms with Gasteiger partial charge in [0.1, 0.15) is 10.8 Å². The summed E-state index contributed by atoms with van der Waals surface area (Å²) >= 11 is 1.21. The molecular formula is C9H7NO5S2. The lowest BCUT2D eigenvalue weighted by molar-refractivity contribution is 0.0656. The molecule has 0 saturated carbocycles. The number of hydrogen-bond acceptors (Lipinski definition) is 6. The Labute approximate surface area is 100 Å². The van der Waals surface area contributed by atoms with Crippen LogP contribution in [0.1, 0.15) is 15.6 Å². The lowest BCUT2D eigenvalue weighted by Crippen LogP contribution is -2.03. The van der Waals surface area contributed by atoms with Crippen LogP contribution in [0.5, 0.6) is 0 Å². The van der Waals surface area contributed by atoms with Gasteiger partial charge >= 0.3 is 5.97 Å². The zero-order valence-electron chi connectivity index (χ0n) is 8.36. The number of rotatable bonds is 4. The van der Waals surface area contributed by atoms with Crippen LogP contribution < -0.4 is 0 Å². The number of carbonyl (C=O) groups is 1. The van der Waals surface area contributed by atoms with E-state index in [4.69, 9.17) is 9.52 Å². The molecule has 2 rings (SSSR count). The minimum atomic E-state index is -3.68. The normalized spacial score (nSPS) is 11.5. The van der Waals surface area contributed by atoms with E-state index in [0.717, 1.165) is 12.1 Å². The molecule has 0 saturated heterocycles. The topological polar surface area (TPSA) is 97.5 Å². The molecule has 8 heteroatoms. The molecule has 0 fully saturated rings. The molecule has 1 N–H and O–H groups in total. The van der Waals surface area contributed by atoms with Gasteiger partial charge in [0.2, 0.25) is 20.7 Å². The van der Waals surface area contributed by atoms with Crippen LogP contribution in [-0.4, -0.2) is 24.5 Å². The van der Waals surface area contributed by atoms with E-state index in [2.05, 4.69) is 4.98 Å². The van der Waals surface area contributed by atoms with Gasteiger partial charge in [-0.3, -0.25) is 0 Å². The first-order valence-electron chi connectivity index (χ1n) is 4.43. The Balaban J connectivity index is 2.28. The van der Waals surface area contributed by atoms with E-state index in [1.54, 1.807) is 5.38 Å². The second-order valence-corrected chi connectivity index (χ2v) is 6.01.